The predicted octanol–water partition coefficient (Wildman–Crippen LogP) is 1.84. The molecule has 9 nitrogen and oxygen atoms in total. The van der Waals surface area contributed by atoms with Crippen molar-refractivity contribution in [3.05, 3.63) is 35.9 Å². The van der Waals surface area contributed by atoms with E-state index in [0.717, 1.165) is 5.56 Å². The van der Waals surface area contributed by atoms with Gasteiger partial charge in [0, 0.05) is 6.42 Å². The number of rotatable bonds is 14. The number of nitrogens with two attached hydrogens (primary N) is 1. The van der Waals surface area contributed by atoms with E-state index in [-0.39, 0.29) is 24.2 Å². The molecule has 9 heteroatoms. The summed E-state index contributed by atoms with van der Waals surface area (Å²) in [4.78, 5) is 50.7. The van der Waals surface area contributed by atoms with Gasteiger partial charge in [-0.25, -0.2) is 4.79 Å². The average Bonchev–Trinajstić information content (AvgIpc) is 2.80. The number of carbonyl (C=O) groups is 4. The zero-order valence-electron chi connectivity index (χ0n) is 21.7. The molecule has 1 aromatic rings. The van der Waals surface area contributed by atoms with Crippen LogP contribution in [0, 0.1) is 17.8 Å². The van der Waals surface area contributed by atoms with Gasteiger partial charge in [-0.2, -0.15) is 0 Å². The maximum absolute atomic E-state index is 13.2. The topological polar surface area (TPSA) is 151 Å². The van der Waals surface area contributed by atoms with Crippen molar-refractivity contribution in [3.8, 4) is 0 Å². The van der Waals surface area contributed by atoms with Crippen LogP contribution in [0.4, 0.5) is 0 Å². The zero-order valence-corrected chi connectivity index (χ0v) is 21.7. The lowest BCUT2D eigenvalue weighted by Crippen LogP contribution is -2.59. The van der Waals surface area contributed by atoms with Crippen LogP contribution in [0.25, 0.3) is 0 Å². The molecule has 3 amide bonds. The van der Waals surface area contributed by atoms with E-state index in [0.29, 0.717) is 12.8 Å². The minimum absolute atomic E-state index is 0.0504. The molecule has 35 heavy (non-hydrogen) atoms. The SMILES string of the molecule is CC[C@H](C)[C@H](NC(=O)[C@@H](N)C(C)C)C(=O)N[C@@H](CC(C)C)C(=O)N[C@@H](Cc1ccccc1)C(=O)O. The zero-order chi connectivity index (χ0) is 26.7. The minimum Gasteiger partial charge on any atom is -0.480 e. The van der Waals surface area contributed by atoms with Crippen molar-refractivity contribution < 1.29 is 24.3 Å². The van der Waals surface area contributed by atoms with Gasteiger partial charge in [0.05, 0.1) is 6.04 Å². The Labute approximate surface area is 208 Å². The maximum Gasteiger partial charge on any atom is 0.326 e. The van der Waals surface area contributed by atoms with Gasteiger partial charge >= 0.3 is 5.97 Å². The normalized spacial score (nSPS) is 15.6. The molecule has 5 atom stereocenters. The summed E-state index contributed by atoms with van der Waals surface area (Å²) >= 11 is 0. The van der Waals surface area contributed by atoms with Gasteiger partial charge in [-0.3, -0.25) is 14.4 Å². The fraction of sp³-hybridized carbons (Fsp3) is 0.615. The predicted molar refractivity (Wildman–Crippen MR) is 135 cm³/mol. The Morgan fingerprint density at radius 3 is 1.91 bits per heavy atom. The summed E-state index contributed by atoms with van der Waals surface area (Å²) < 4.78 is 0. The van der Waals surface area contributed by atoms with E-state index in [4.69, 9.17) is 5.73 Å². The number of hydrogen-bond acceptors (Lipinski definition) is 5. The first-order chi connectivity index (χ1) is 16.4. The second kappa shape index (κ2) is 14.5. The largest absolute Gasteiger partial charge is 0.480 e. The van der Waals surface area contributed by atoms with Crippen LogP contribution in [-0.4, -0.2) is 53.0 Å². The number of hydrogen-bond donors (Lipinski definition) is 5. The van der Waals surface area contributed by atoms with Crippen molar-refractivity contribution >= 4 is 23.7 Å². The van der Waals surface area contributed by atoms with Crippen molar-refractivity contribution in [2.45, 2.75) is 85.0 Å². The summed E-state index contributed by atoms with van der Waals surface area (Å²) in [6.45, 7) is 11.2. The highest BCUT2D eigenvalue weighted by Crippen LogP contribution is 2.12. The van der Waals surface area contributed by atoms with E-state index in [2.05, 4.69) is 16.0 Å². The molecule has 0 unspecified atom stereocenters. The van der Waals surface area contributed by atoms with E-state index >= 15 is 0 Å². The number of carbonyl (C=O) groups excluding carboxylic acids is 3. The highest BCUT2D eigenvalue weighted by molar-refractivity contribution is 5.94. The van der Waals surface area contributed by atoms with Gasteiger partial charge in [-0.05, 0) is 29.7 Å². The summed E-state index contributed by atoms with van der Waals surface area (Å²) in [6, 6.07) is 5.25. The molecule has 1 rings (SSSR count). The lowest BCUT2D eigenvalue weighted by atomic mass is 9.95. The summed E-state index contributed by atoms with van der Waals surface area (Å²) in [5, 5.41) is 17.7. The number of amides is 3. The fourth-order valence-electron chi connectivity index (χ4n) is 3.54. The molecular formula is C26H42N4O5. The van der Waals surface area contributed by atoms with Crippen LogP contribution in [-0.2, 0) is 25.6 Å². The molecule has 0 heterocycles. The van der Waals surface area contributed by atoms with Crippen molar-refractivity contribution in [3.63, 3.8) is 0 Å². The molecule has 0 aliphatic heterocycles. The highest BCUT2D eigenvalue weighted by atomic mass is 16.4. The van der Waals surface area contributed by atoms with Crippen LogP contribution >= 0.6 is 0 Å². The smallest absolute Gasteiger partial charge is 0.326 e. The molecule has 6 N–H and O–H groups in total. The van der Waals surface area contributed by atoms with Crippen molar-refractivity contribution in [1.82, 2.24) is 16.0 Å². The number of nitrogens with one attached hydrogen (secondary N) is 3. The Kier molecular flexibility index (Phi) is 12.4. The van der Waals surface area contributed by atoms with Crippen LogP contribution in [0.15, 0.2) is 30.3 Å². The van der Waals surface area contributed by atoms with Crippen molar-refractivity contribution in [2.24, 2.45) is 23.5 Å². The second-order valence-corrected chi connectivity index (χ2v) is 9.92. The quantitative estimate of drug-likeness (QED) is 0.268. The first-order valence-electron chi connectivity index (χ1n) is 12.3. The third-order valence-corrected chi connectivity index (χ3v) is 6.05. The van der Waals surface area contributed by atoms with E-state index in [1.165, 1.54) is 0 Å². The summed E-state index contributed by atoms with van der Waals surface area (Å²) in [7, 11) is 0. The third kappa shape index (κ3) is 10.1. The van der Waals surface area contributed by atoms with Crippen LogP contribution in [0.3, 0.4) is 0 Å². The van der Waals surface area contributed by atoms with Crippen LogP contribution < -0.4 is 21.7 Å². The lowest BCUT2D eigenvalue weighted by molar-refractivity contribution is -0.142. The van der Waals surface area contributed by atoms with Crippen molar-refractivity contribution in [1.29, 1.82) is 0 Å². The number of aliphatic carboxylic acids is 1. The molecule has 196 valence electrons. The van der Waals surface area contributed by atoms with Gasteiger partial charge in [0.15, 0.2) is 0 Å². The molecule has 0 saturated heterocycles. The molecule has 0 bridgehead atoms. The fourth-order valence-corrected chi connectivity index (χ4v) is 3.54. The van der Waals surface area contributed by atoms with Crippen molar-refractivity contribution in [2.75, 3.05) is 0 Å². The number of carboxylic acid groups (broad SMARTS) is 1. The summed E-state index contributed by atoms with van der Waals surface area (Å²) in [5.74, 6) is -2.93. The molecule has 0 spiro atoms. The Hall–Kier alpha value is -2.94. The van der Waals surface area contributed by atoms with Gasteiger partial charge in [0.25, 0.3) is 0 Å². The van der Waals surface area contributed by atoms with Gasteiger partial charge in [-0.15, -0.1) is 0 Å². The van der Waals surface area contributed by atoms with Gasteiger partial charge < -0.3 is 26.8 Å². The molecule has 1 aromatic carbocycles. The number of benzene rings is 1. The third-order valence-electron chi connectivity index (χ3n) is 6.05. The van der Waals surface area contributed by atoms with E-state index in [1.54, 1.807) is 24.3 Å². The maximum atomic E-state index is 13.2. The Bertz CT molecular complexity index is 843. The first-order valence-corrected chi connectivity index (χ1v) is 12.3. The minimum atomic E-state index is -1.16. The molecule has 0 radical (unpaired) electrons. The molecule has 0 fully saturated rings. The van der Waals surface area contributed by atoms with E-state index in [1.807, 2.05) is 47.6 Å². The van der Waals surface area contributed by atoms with Crippen LogP contribution in [0.5, 0.6) is 0 Å². The molecule has 0 aliphatic rings. The van der Waals surface area contributed by atoms with Gasteiger partial charge in [0.2, 0.25) is 17.7 Å². The molecular weight excluding hydrogens is 448 g/mol. The Morgan fingerprint density at radius 1 is 0.857 bits per heavy atom. The lowest BCUT2D eigenvalue weighted by Gasteiger charge is -2.29. The number of carboxylic acids is 1. The summed E-state index contributed by atoms with van der Waals surface area (Å²) in [6.07, 6.45) is 1.04. The monoisotopic (exact) mass is 490 g/mol. The second-order valence-electron chi connectivity index (χ2n) is 9.92. The molecule has 0 aliphatic carbocycles. The average molecular weight is 491 g/mol. The Morgan fingerprint density at radius 2 is 1.43 bits per heavy atom. The standard InChI is InChI=1S/C26H42N4O5/c1-7-17(6)22(30-24(32)21(27)16(4)5)25(33)28-19(13-15(2)3)23(31)29-20(26(34)35)14-18-11-9-8-10-12-18/h8-12,15-17,19-22H,7,13-14,27H2,1-6H3,(H,28,33)(H,29,31)(H,30,32)(H,34,35)/t17-,19-,20-,21-,22-/m0/s1. The molecule has 0 aromatic heterocycles. The highest BCUT2D eigenvalue weighted by Gasteiger charge is 2.33. The van der Waals surface area contributed by atoms with Crippen LogP contribution in [0.1, 0.15) is 59.9 Å². The Balaban J connectivity index is 3.03. The van der Waals surface area contributed by atoms with Gasteiger partial charge in [0.1, 0.15) is 18.1 Å². The molecule has 0 saturated carbocycles. The summed E-state index contributed by atoms with van der Waals surface area (Å²) in [5.41, 5.74) is 6.72. The van der Waals surface area contributed by atoms with Crippen LogP contribution in [0.2, 0.25) is 0 Å². The van der Waals surface area contributed by atoms with E-state index in [9.17, 15) is 24.3 Å². The first kappa shape index (κ1) is 30.1. The van der Waals surface area contributed by atoms with E-state index < -0.39 is 47.9 Å². The van der Waals surface area contributed by atoms with Gasteiger partial charge in [-0.1, -0.05) is 78.3 Å².